The van der Waals surface area contributed by atoms with Crippen molar-refractivity contribution in [2.75, 3.05) is 18.5 Å². The molecular weight excluding hydrogens is 351 g/mol. The molecule has 0 aromatic heterocycles. The number of carbonyl (C=O) groups excluding carboxylic acids is 1. The van der Waals surface area contributed by atoms with Gasteiger partial charge in [0.15, 0.2) is 0 Å². The van der Waals surface area contributed by atoms with Crippen LogP contribution in [0, 0.1) is 12.7 Å². The summed E-state index contributed by atoms with van der Waals surface area (Å²) in [6.45, 7) is 2.54. The van der Waals surface area contributed by atoms with Gasteiger partial charge in [0.1, 0.15) is 18.2 Å². The molecule has 22 heavy (non-hydrogen) atoms. The maximum Gasteiger partial charge on any atom is 0.319 e. The molecule has 0 radical (unpaired) electrons. The number of halogens is 2. The molecule has 0 atom stereocenters. The lowest BCUT2D eigenvalue weighted by Crippen LogP contribution is -2.32. The molecule has 2 rings (SSSR count). The highest BCUT2D eigenvalue weighted by Gasteiger charge is 2.03. The number of amides is 2. The van der Waals surface area contributed by atoms with Gasteiger partial charge >= 0.3 is 6.03 Å². The number of benzene rings is 2. The minimum absolute atomic E-state index is 0.258. The number of urea groups is 1. The van der Waals surface area contributed by atoms with Gasteiger partial charge in [-0.2, -0.15) is 0 Å². The van der Waals surface area contributed by atoms with E-state index in [-0.39, 0.29) is 18.5 Å². The van der Waals surface area contributed by atoms with Crippen molar-refractivity contribution in [3.05, 3.63) is 58.3 Å². The number of hydrogen-bond acceptors (Lipinski definition) is 2. The number of rotatable bonds is 5. The highest BCUT2D eigenvalue weighted by atomic mass is 79.9. The second-order valence-corrected chi connectivity index (χ2v) is 5.51. The van der Waals surface area contributed by atoms with Crippen LogP contribution in [0.15, 0.2) is 46.9 Å². The zero-order valence-electron chi connectivity index (χ0n) is 12.0. The van der Waals surface area contributed by atoms with Crippen LogP contribution in [0.4, 0.5) is 14.9 Å². The van der Waals surface area contributed by atoms with Crippen LogP contribution in [0.3, 0.4) is 0 Å². The second kappa shape index (κ2) is 7.79. The van der Waals surface area contributed by atoms with Crippen LogP contribution in [0.2, 0.25) is 0 Å². The standard InChI is InChI=1S/C16H16BrFN2O2/c1-11-5-6-13(10-15(11)17)20-16(21)19-7-8-22-14-4-2-3-12(18)9-14/h2-6,9-10H,7-8H2,1H3,(H2,19,20,21). The lowest BCUT2D eigenvalue weighted by Gasteiger charge is -2.10. The van der Waals surface area contributed by atoms with Crippen molar-refractivity contribution in [3.8, 4) is 5.75 Å². The molecule has 0 bridgehead atoms. The Hall–Kier alpha value is -2.08. The molecule has 0 unspecified atom stereocenters. The number of nitrogens with one attached hydrogen (secondary N) is 2. The Kier molecular flexibility index (Phi) is 5.77. The average Bonchev–Trinajstić information content (AvgIpc) is 2.48. The van der Waals surface area contributed by atoms with Crippen LogP contribution >= 0.6 is 15.9 Å². The zero-order valence-corrected chi connectivity index (χ0v) is 13.6. The van der Waals surface area contributed by atoms with E-state index < -0.39 is 0 Å². The summed E-state index contributed by atoms with van der Waals surface area (Å²) >= 11 is 3.41. The van der Waals surface area contributed by atoms with Gasteiger partial charge in [0.05, 0.1) is 6.54 Å². The van der Waals surface area contributed by atoms with Crippen LogP contribution in [0.1, 0.15) is 5.56 Å². The highest BCUT2D eigenvalue weighted by molar-refractivity contribution is 9.10. The first kappa shape index (κ1) is 16.3. The van der Waals surface area contributed by atoms with Crippen LogP contribution < -0.4 is 15.4 Å². The van der Waals surface area contributed by atoms with E-state index >= 15 is 0 Å². The first-order valence-corrected chi connectivity index (χ1v) is 7.53. The maximum absolute atomic E-state index is 12.9. The predicted molar refractivity (Wildman–Crippen MR) is 87.8 cm³/mol. The summed E-state index contributed by atoms with van der Waals surface area (Å²) < 4.78 is 19.2. The Morgan fingerprint density at radius 1 is 1.27 bits per heavy atom. The molecule has 2 amide bonds. The van der Waals surface area contributed by atoms with E-state index in [0.29, 0.717) is 18.0 Å². The molecule has 0 saturated carbocycles. The number of hydrogen-bond donors (Lipinski definition) is 2. The van der Waals surface area contributed by atoms with Crippen molar-refractivity contribution in [1.29, 1.82) is 0 Å². The van der Waals surface area contributed by atoms with E-state index in [0.717, 1.165) is 10.0 Å². The predicted octanol–water partition coefficient (Wildman–Crippen LogP) is 4.10. The molecule has 6 heteroatoms. The molecule has 4 nitrogen and oxygen atoms in total. The van der Waals surface area contributed by atoms with E-state index in [1.165, 1.54) is 12.1 Å². The first-order valence-electron chi connectivity index (χ1n) is 6.74. The Labute approximate surface area is 136 Å². The smallest absolute Gasteiger partial charge is 0.319 e. The fraction of sp³-hybridized carbons (Fsp3) is 0.188. The minimum atomic E-state index is -0.354. The summed E-state index contributed by atoms with van der Waals surface area (Å²) in [6, 6.07) is 11.1. The monoisotopic (exact) mass is 366 g/mol. The number of aryl methyl sites for hydroxylation is 1. The molecule has 0 heterocycles. The molecule has 2 N–H and O–H groups in total. The highest BCUT2D eigenvalue weighted by Crippen LogP contribution is 2.20. The molecule has 116 valence electrons. The summed E-state index contributed by atoms with van der Waals surface area (Å²) in [4.78, 5) is 11.7. The molecule has 2 aromatic carbocycles. The van der Waals surface area contributed by atoms with Crippen molar-refractivity contribution in [2.45, 2.75) is 6.92 Å². The summed E-state index contributed by atoms with van der Waals surface area (Å²) in [5.41, 5.74) is 1.79. The summed E-state index contributed by atoms with van der Waals surface area (Å²) in [5, 5.41) is 5.39. The van der Waals surface area contributed by atoms with Crippen LogP contribution in [0.25, 0.3) is 0 Å². The van der Waals surface area contributed by atoms with Gasteiger partial charge in [-0.25, -0.2) is 9.18 Å². The fourth-order valence-corrected chi connectivity index (χ4v) is 2.11. The van der Waals surface area contributed by atoms with Gasteiger partial charge in [-0.15, -0.1) is 0 Å². The van der Waals surface area contributed by atoms with Gasteiger partial charge < -0.3 is 15.4 Å². The third kappa shape index (κ3) is 5.04. The topological polar surface area (TPSA) is 50.4 Å². The van der Waals surface area contributed by atoms with Crippen molar-refractivity contribution in [1.82, 2.24) is 5.32 Å². The second-order valence-electron chi connectivity index (χ2n) is 4.65. The lowest BCUT2D eigenvalue weighted by atomic mass is 10.2. The number of anilines is 1. The van der Waals surface area contributed by atoms with Crippen LogP contribution in [0.5, 0.6) is 5.75 Å². The molecule has 0 aliphatic rings. The number of carbonyl (C=O) groups is 1. The van der Waals surface area contributed by atoms with E-state index in [2.05, 4.69) is 26.6 Å². The molecule has 2 aromatic rings. The third-order valence-electron chi connectivity index (χ3n) is 2.88. The molecule has 0 fully saturated rings. The maximum atomic E-state index is 12.9. The van der Waals surface area contributed by atoms with Crippen LogP contribution in [-0.2, 0) is 0 Å². The summed E-state index contributed by atoms with van der Waals surface area (Å²) in [7, 11) is 0. The molecule has 0 aliphatic carbocycles. The van der Waals surface area contributed by atoms with E-state index in [9.17, 15) is 9.18 Å². The van der Waals surface area contributed by atoms with Gasteiger partial charge in [0.2, 0.25) is 0 Å². The average molecular weight is 367 g/mol. The minimum Gasteiger partial charge on any atom is -0.492 e. The van der Waals surface area contributed by atoms with Crippen LogP contribution in [-0.4, -0.2) is 19.2 Å². The van der Waals surface area contributed by atoms with Gasteiger partial charge in [-0.05, 0) is 36.8 Å². The SMILES string of the molecule is Cc1ccc(NC(=O)NCCOc2cccc(F)c2)cc1Br. The largest absolute Gasteiger partial charge is 0.492 e. The first-order chi connectivity index (χ1) is 10.5. The van der Waals surface area contributed by atoms with E-state index in [1.54, 1.807) is 12.1 Å². The molecule has 0 aliphatic heterocycles. The lowest BCUT2D eigenvalue weighted by molar-refractivity contribution is 0.247. The van der Waals surface area contributed by atoms with E-state index in [4.69, 9.17) is 4.74 Å². The van der Waals surface area contributed by atoms with E-state index in [1.807, 2.05) is 25.1 Å². The quantitative estimate of drug-likeness (QED) is 0.782. The summed E-state index contributed by atoms with van der Waals surface area (Å²) in [5.74, 6) is 0.0813. The van der Waals surface area contributed by atoms with Gasteiger partial charge in [0.25, 0.3) is 0 Å². The molecule has 0 saturated heterocycles. The van der Waals surface area contributed by atoms with Crippen molar-refractivity contribution in [3.63, 3.8) is 0 Å². The Balaban J connectivity index is 1.72. The zero-order chi connectivity index (χ0) is 15.9. The number of ether oxygens (including phenoxy) is 1. The van der Waals surface area contributed by atoms with Crippen molar-refractivity contribution < 1.29 is 13.9 Å². The third-order valence-corrected chi connectivity index (χ3v) is 3.74. The van der Waals surface area contributed by atoms with Crippen molar-refractivity contribution in [2.24, 2.45) is 0 Å². The molecule has 0 spiro atoms. The Morgan fingerprint density at radius 2 is 2.09 bits per heavy atom. The molecular formula is C16H16BrFN2O2. The Bertz CT molecular complexity index is 664. The summed E-state index contributed by atoms with van der Waals surface area (Å²) in [6.07, 6.45) is 0. The van der Waals surface area contributed by atoms with Gasteiger partial charge in [0, 0.05) is 16.2 Å². The normalized spacial score (nSPS) is 10.1. The Morgan fingerprint density at radius 3 is 2.82 bits per heavy atom. The van der Waals surface area contributed by atoms with Crippen molar-refractivity contribution >= 4 is 27.6 Å². The van der Waals surface area contributed by atoms with Gasteiger partial charge in [-0.1, -0.05) is 28.1 Å². The van der Waals surface area contributed by atoms with Gasteiger partial charge in [-0.3, -0.25) is 0 Å². The fourth-order valence-electron chi connectivity index (χ4n) is 1.74.